The molecule has 0 heterocycles. The van der Waals surface area contributed by atoms with Gasteiger partial charge < -0.3 is 9.59 Å². The Morgan fingerprint density at radius 2 is 1.33 bits per heavy atom. The minimum Gasteiger partial charge on any atom is -0.511 e. The van der Waals surface area contributed by atoms with E-state index in [9.17, 15) is 0 Å². The van der Waals surface area contributed by atoms with E-state index >= 15 is 0 Å². The number of hydrogen-bond donors (Lipinski definition) is 2. The van der Waals surface area contributed by atoms with Crippen molar-refractivity contribution >= 4 is 26.5 Å². The molecule has 0 aromatic carbocycles. The zero-order chi connectivity index (χ0) is 3.58. The van der Waals surface area contributed by atoms with Crippen LogP contribution in [0.15, 0.2) is 0 Å². The van der Waals surface area contributed by atoms with Crippen molar-refractivity contribution in [2.24, 2.45) is 0 Å². The maximum atomic E-state index is 8.74. The third-order valence-electron chi connectivity index (χ3n) is 0. The summed E-state index contributed by atoms with van der Waals surface area (Å²) < 4.78 is 8.74. The molecule has 0 atom stereocenters. The summed E-state index contributed by atoms with van der Waals surface area (Å²) in [6.45, 7) is 0. The molecule has 0 fully saturated rings. The average molecular weight is 167 g/mol. The van der Waals surface area contributed by atoms with Gasteiger partial charge in [0.1, 0.15) is 0 Å². The maximum absolute atomic E-state index is 8.74. The van der Waals surface area contributed by atoms with Gasteiger partial charge in [0.15, 0.2) is 17.4 Å². The first-order chi connectivity index (χ1) is 1.73. The van der Waals surface area contributed by atoms with Crippen molar-refractivity contribution in [1.82, 2.24) is 0 Å². The van der Waals surface area contributed by atoms with E-state index in [1.54, 1.807) is 0 Å². The molecule has 6 heavy (non-hydrogen) atoms. The van der Waals surface area contributed by atoms with Crippen LogP contribution in [0, 0.1) is 0 Å². The molecule has 0 amide bonds. The molecule has 0 rings (SSSR count). The zero-order valence-electron chi connectivity index (χ0n) is 2.12. The van der Waals surface area contributed by atoms with Gasteiger partial charge in [-0.3, -0.25) is 4.46 Å². The summed E-state index contributed by atoms with van der Waals surface area (Å²) in [5.74, 6) is 0. The van der Waals surface area contributed by atoms with Crippen molar-refractivity contribution < 1.29 is 30.5 Å². The summed E-state index contributed by atoms with van der Waals surface area (Å²) in [5.41, 5.74) is 0. The molecule has 0 aromatic heterocycles. The fraction of sp³-hybridized carbons (Fsp3) is 0. The van der Waals surface area contributed by atoms with Crippen LogP contribution in [0.2, 0.25) is 0 Å². The quantitative estimate of drug-likeness (QED) is 0.383. The minimum atomic E-state index is -3.13. The number of hydrogen-bond acceptors (Lipinski definition) is 1. The third-order valence-corrected chi connectivity index (χ3v) is 0. The summed E-state index contributed by atoms with van der Waals surface area (Å²) in [7, 11) is -3.13. The van der Waals surface area contributed by atoms with E-state index in [1.165, 1.54) is 0 Å². The predicted molar refractivity (Wildman–Crippen MR) is 20.8 cm³/mol. The molecular formula is H5AlNiO3Si. The van der Waals surface area contributed by atoms with Gasteiger partial charge in [-0.15, -0.1) is 0 Å². The smallest absolute Gasteiger partial charge is 0.511 e. The monoisotopic (exact) mass is 166 g/mol. The van der Waals surface area contributed by atoms with Gasteiger partial charge in [-0.25, -0.2) is 0 Å². The predicted octanol–water partition coefficient (Wildman–Crippen LogP) is -2.80. The topological polar surface area (TPSA) is 57.5 Å². The Balaban J connectivity index is -0.0000000450. The van der Waals surface area contributed by atoms with Crippen LogP contribution in [-0.4, -0.2) is 36.1 Å². The van der Waals surface area contributed by atoms with Gasteiger partial charge in [-0.2, -0.15) is 0 Å². The van der Waals surface area contributed by atoms with Gasteiger partial charge in [0.2, 0.25) is 0 Å². The maximum Gasteiger partial charge on any atom is 0.761 e. The molecule has 2 N–H and O–H groups in total. The van der Waals surface area contributed by atoms with Crippen molar-refractivity contribution in [3.63, 3.8) is 0 Å². The second-order valence-corrected chi connectivity index (χ2v) is 0.848. The summed E-state index contributed by atoms with van der Waals surface area (Å²) in [5, 5.41) is 0. The van der Waals surface area contributed by atoms with Gasteiger partial charge in [-0.05, 0) is 0 Å². The van der Waals surface area contributed by atoms with E-state index in [-0.39, 0.29) is 33.9 Å². The Kier molecular flexibility index (Phi) is 24.4. The van der Waals surface area contributed by atoms with E-state index < -0.39 is 9.17 Å². The van der Waals surface area contributed by atoms with E-state index in [0.717, 1.165) is 0 Å². The zero-order valence-corrected chi connectivity index (χ0v) is 4.11. The van der Waals surface area contributed by atoms with Gasteiger partial charge in [0, 0.05) is 16.5 Å². The van der Waals surface area contributed by atoms with E-state index in [2.05, 4.69) is 0 Å². The Bertz CT molecular complexity index is 33.8. The molecule has 6 heteroatoms. The Hall–Kier alpha value is 0.643. The molecule has 0 saturated carbocycles. The number of rotatable bonds is 0. The first kappa shape index (κ1) is 15.9. The summed E-state index contributed by atoms with van der Waals surface area (Å²) in [4.78, 5) is 14.3. The van der Waals surface area contributed by atoms with E-state index in [0.29, 0.717) is 0 Å². The van der Waals surface area contributed by atoms with E-state index in [1.807, 2.05) is 0 Å². The molecule has 0 radical (unpaired) electrons. The third kappa shape index (κ3) is 149. The standard InChI is InChI=1S/Al.Ni.H2O3Si.3H/c;;1-4(2)3;;;/h;;1-2H;;;. The largest absolute Gasteiger partial charge is 0.761 e. The molecule has 0 spiro atoms. The summed E-state index contributed by atoms with van der Waals surface area (Å²) >= 11 is 0. The van der Waals surface area contributed by atoms with Crippen molar-refractivity contribution in [3.8, 4) is 0 Å². The molecule has 0 aliphatic heterocycles. The van der Waals surface area contributed by atoms with Crippen LogP contribution < -0.4 is 0 Å². The molecular weight excluding hydrogens is 162 g/mol. The molecule has 3 nitrogen and oxygen atoms in total. The van der Waals surface area contributed by atoms with Crippen LogP contribution in [0.4, 0.5) is 0 Å². The Morgan fingerprint density at radius 1 is 1.33 bits per heavy atom. The van der Waals surface area contributed by atoms with Crippen molar-refractivity contribution in [1.29, 1.82) is 0 Å². The minimum absolute atomic E-state index is 0. The molecule has 0 aromatic rings. The van der Waals surface area contributed by atoms with Gasteiger partial charge in [0.05, 0.1) is 0 Å². The van der Waals surface area contributed by atoms with Crippen molar-refractivity contribution in [3.05, 3.63) is 0 Å². The second-order valence-electron chi connectivity index (χ2n) is 0.283. The fourth-order valence-electron chi connectivity index (χ4n) is 0. The van der Waals surface area contributed by atoms with Crippen LogP contribution in [0.1, 0.15) is 0 Å². The Labute approximate surface area is 57.3 Å². The normalized spacial score (nSPS) is 4.00. The van der Waals surface area contributed by atoms with Gasteiger partial charge in [-0.1, -0.05) is 0 Å². The summed E-state index contributed by atoms with van der Waals surface area (Å²) in [6, 6.07) is 0. The molecule has 40 valence electrons. The fourth-order valence-corrected chi connectivity index (χ4v) is 0. The van der Waals surface area contributed by atoms with Crippen LogP contribution in [0.3, 0.4) is 0 Å². The van der Waals surface area contributed by atoms with Crippen LogP contribution in [-0.2, 0) is 21.0 Å². The van der Waals surface area contributed by atoms with Crippen LogP contribution in [0.5, 0.6) is 0 Å². The van der Waals surface area contributed by atoms with Gasteiger partial charge >= 0.3 is 9.17 Å². The Morgan fingerprint density at radius 3 is 1.33 bits per heavy atom. The summed E-state index contributed by atoms with van der Waals surface area (Å²) in [6.07, 6.45) is 0. The molecule has 0 bridgehead atoms. The van der Waals surface area contributed by atoms with Crippen molar-refractivity contribution in [2.75, 3.05) is 0 Å². The average Bonchev–Trinajstić information content (AvgIpc) is 0.811. The van der Waals surface area contributed by atoms with Gasteiger partial charge in [0.25, 0.3) is 0 Å². The molecule has 0 unspecified atom stereocenters. The first-order valence-corrected chi connectivity index (χ1v) is 1.95. The van der Waals surface area contributed by atoms with Crippen LogP contribution >= 0.6 is 0 Å². The molecule has 0 saturated heterocycles. The first-order valence-electron chi connectivity index (χ1n) is 0.651. The van der Waals surface area contributed by atoms with Crippen molar-refractivity contribution in [2.45, 2.75) is 0 Å². The molecule has 0 aliphatic rings. The second kappa shape index (κ2) is 9.17. The molecule has 0 aliphatic carbocycles. The van der Waals surface area contributed by atoms with E-state index in [4.69, 9.17) is 14.1 Å². The SMILES string of the molecule is O=[Si](O)O.[AlH3].[Ni]. The van der Waals surface area contributed by atoms with Crippen LogP contribution in [0.25, 0.3) is 0 Å².